The molecule has 2 atom stereocenters. The van der Waals surface area contributed by atoms with Crippen LogP contribution in [0.1, 0.15) is 70.3 Å². The van der Waals surface area contributed by atoms with Gasteiger partial charge in [-0.05, 0) is 62.7 Å². The number of piperidine rings is 1. The van der Waals surface area contributed by atoms with E-state index in [4.69, 9.17) is 9.26 Å². The minimum atomic E-state index is -0.527. The van der Waals surface area contributed by atoms with Crippen LogP contribution in [0.4, 0.5) is 6.01 Å². The maximum absolute atomic E-state index is 12.2. The van der Waals surface area contributed by atoms with Gasteiger partial charge in [0.25, 0.3) is 0 Å². The second-order valence-electron chi connectivity index (χ2n) is 10.0. The summed E-state index contributed by atoms with van der Waals surface area (Å²) in [7, 11) is 0. The summed E-state index contributed by atoms with van der Waals surface area (Å²) in [6.45, 7) is 8.52. The van der Waals surface area contributed by atoms with Crippen molar-refractivity contribution in [3.8, 4) is 5.75 Å². The fourth-order valence-corrected chi connectivity index (χ4v) is 4.45. The molecule has 1 unspecified atom stereocenters. The van der Waals surface area contributed by atoms with Crippen molar-refractivity contribution < 1.29 is 19.2 Å². The van der Waals surface area contributed by atoms with E-state index in [9.17, 15) is 9.90 Å². The summed E-state index contributed by atoms with van der Waals surface area (Å²) in [6, 6.07) is 4.60. The first kappa shape index (κ1) is 25.2. The maximum atomic E-state index is 12.2. The molecular weight excluding hydrogens is 446 g/mol. The number of aliphatic hydroxyl groups is 1. The molecule has 1 aliphatic carbocycles. The molecule has 9 heteroatoms. The van der Waals surface area contributed by atoms with E-state index in [0.29, 0.717) is 31.5 Å². The van der Waals surface area contributed by atoms with Crippen molar-refractivity contribution in [1.82, 2.24) is 20.4 Å². The van der Waals surface area contributed by atoms with Crippen LogP contribution in [0.25, 0.3) is 5.57 Å². The normalized spacial score (nSPS) is 20.0. The van der Waals surface area contributed by atoms with Crippen LogP contribution in [0.5, 0.6) is 5.75 Å². The molecule has 1 saturated heterocycles. The molecule has 1 aliphatic heterocycles. The summed E-state index contributed by atoms with van der Waals surface area (Å²) in [5, 5.41) is 16.2. The van der Waals surface area contributed by atoms with Crippen molar-refractivity contribution in [2.24, 2.45) is 11.8 Å². The number of allylic oxidation sites excluding steroid dienone is 2. The fourth-order valence-electron chi connectivity index (χ4n) is 4.45. The molecule has 4 rings (SSSR count). The lowest BCUT2D eigenvalue weighted by molar-refractivity contribution is -0.125. The van der Waals surface area contributed by atoms with E-state index in [1.54, 1.807) is 13.1 Å². The minimum Gasteiger partial charge on any atom is -0.492 e. The Morgan fingerprint density at radius 2 is 2.06 bits per heavy atom. The number of anilines is 1. The average molecular weight is 484 g/mol. The van der Waals surface area contributed by atoms with Crippen molar-refractivity contribution >= 4 is 17.5 Å². The number of pyridine rings is 1. The van der Waals surface area contributed by atoms with E-state index < -0.39 is 6.10 Å². The zero-order valence-corrected chi connectivity index (χ0v) is 20.9. The van der Waals surface area contributed by atoms with Crippen LogP contribution in [0.3, 0.4) is 0 Å². The van der Waals surface area contributed by atoms with Gasteiger partial charge in [-0.3, -0.25) is 9.78 Å². The summed E-state index contributed by atoms with van der Waals surface area (Å²) in [6.07, 6.45) is 7.71. The lowest BCUT2D eigenvalue weighted by Crippen LogP contribution is -2.35. The molecule has 190 valence electrons. The molecule has 1 fully saturated rings. The molecule has 2 aliphatic rings. The SMILES string of the molecule is CC(O)CNC(=O)[C@H]1CC=C(c2ccc(OCC3CCN(c4nc(C(C)C)no4)CC3)cn2)CC1. The van der Waals surface area contributed by atoms with E-state index in [1.807, 2.05) is 12.1 Å². The smallest absolute Gasteiger partial charge is 0.324 e. The van der Waals surface area contributed by atoms with Gasteiger partial charge in [0, 0.05) is 31.5 Å². The minimum absolute atomic E-state index is 0.0149. The van der Waals surface area contributed by atoms with Gasteiger partial charge in [0.1, 0.15) is 5.75 Å². The summed E-state index contributed by atoms with van der Waals surface area (Å²) in [5.41, 5.74) is 2.11. The second kappa shape index (κ2) is 11.7. The predicted octanol–water partition coefficient (Wildman–Crippen LogP) is 3.56. The van der Waals surface area contributed by atoms with Crippen LogP contribution in [-0.4, -0.2) is 58.5 Å². The number of aliphatic hydroxyl groups excluding tert-OH is 1. The highest BCUT2D eigenvalue weighted by atomic mass is 16.5. The summed E-state index contributed by atoms with van der Waals surface area (Å²) < 4.78 is 11.5. The van der Waals surface area contributed by atoms with Crippen molar-refractivity contribution in [2.45, 2.75) is 64.9 Å². The lowest BCUT2D eigenvalue weighted by Gasteiger charge is -2.30. The number of hydrogen-bond donors (Lipinski definition) is 2. The molecule has 2 aromatic rings. The number of nitrogens with one attached hydrogen (secondary N) is 1. The monoisotopic (exact) mass is 483 g/mol. The first-order valence-electron chi connectivity index (χ1n) is 12.7. The Balaban J connectivity index is 1.20. The van der Waals surface area contributed by atoms with Crippen LogP contribution in [-0.2, 0) is 4.79 Å². The van der Waals surface area contributed by atoms with E-state index in [-0.39, 0.29) is 17.7 Å². The number of amides is 1. The van der Waals surface area contributed by atoms with Crippen molar-refractivity contribution in [1.29, 1.82) is 0 Å². The molecule has 1 amide bonds. The Morgan fingerprint density at radius 3 is 2.66 bits per heavy atom. The van der Waals surface area contributed by atoms with Gasteiger partial charge < -0.3 is 24.6 Å². The third-order valence-electron chi connectivity index (χ3n) is 6.74. The molecule has 2 aromatic heterocycles. The summed E-state index contributed by atoms with van der Waals surface area (Å²) >= 11 is 0. The molecule has 9 nitrogen and oxygen atoms in total. The quantitative estimate of drug-likeness (QED) is 0.557. The van der Waals surface area contributed by atoms with Gasteiger partial charge in [0.15, 0.2) is 5.82 Å². The molecule has 0 aromatic carbocycles. The number of nitrogens with zero attached hydrogens (tertiary/aromatic N) is 4. The number of hydrogen-bond acceptors (Lipinski definition) is 8. The molecule has 0 bridgehead atoms. The third kappa shape index (κ3) is 6.81. The van der Waals surface area contributed by atoms with Crippen LogP contribution in [0.15, 0.2) is 28.9 Å². The third-order valence-corrected chi connectivity index (χ3v) is 6.74. The van der Waals surface area contributed by atoms with Crippen LogP contribution in [0.2, 0.25) is 0 Å². The first-order valence-corrected chi connectivity index (χ1v) is 12.7. The van der Waals surface area contributed by atoms with E-state index >= 15 is 0 Å². The zero-order chi connectivity index (χ0) is 24.8. The Labute approximate surface area is 207 Å². The number of aromatic nitrogens is 3. The second-order valence-corrected chi connectivity index (χ2v) is 10.0. The molecule has 0 radical (unpaired) electrons. The van der Waals surface area contributed by atoms with Gasteiger partial charge in [0.2, 0.25) is 5.91 Å². The van der Waals surface area contributed by atoms with E-state index in [1.165, 1.54) is 5.57 Å². The van der Waals surface area contributed by atoms with Crippen LogP contribution in [0, 0.1) is 11.8 Å². The van der Waals surface area contributed by atoms with Crippen molar-refractivity contribution in [2.75, 3.05) is 31.1 Å². The number of carbonyl (C=O) groups is 1. The number of ether oxygens (including phenoxy) is 1. The molecule has 0 saturated carbocycles. The molecule has 35 heavy (non-hydrogen) atoms. The van der Waals surface area contributed by atoms with Crippen molar-refractivity contribution in [3.05, 3.63) is 35.9 Å². The topological polar surface area (TPSA) is 114 Å². The van der Waals surface area contributed by atoms with E-state index in [0.717, 1.165) is 56.0 Å². The Kier molecular flexibility index (Phi) is 8.38. The molecule has 0 spiro atoms. The summed E-state index contributed by atoms with van der Waals surface area (Å²) in [5.74, 6) is 2.25. The van der Waals surface area contributed by atoms with Crippen LogP contribution < -0.4 is 15.0 Å². The lowest BCUT2D eigenvalue weighted by atomic mass is 9.87. The maximum Gasteiger partial charge on any atom is 0.324 e. The first-order chi connectivity index (χ1) is 16.9. The fraction of sp³-hybridized carbons (Fsp3) is 0.615. The zero-order valence-electron chi connectivity index (χ0n) is 20.9. The molecular formula is C26H37N5O4. The Bertz CT molecular complexity index is 993. The molecule has 2 N–H and O–H groups in total. The number of rotatable bonds is 9. The standard InChI is InChI=1S/C26H37N5O4/c1-17(2)24-29-26(35-30-24)31-12-10-19(11-13-31)16-34-22-8-9-23(27-15-22)20-4-6-21(7-5-20)25(33)28-14-18(3)32/h4,8-9,15,17-19,21,32H,5-7,10-14,16H2,1-3H3,(H,28,33)/t18?,21-/m0/s1. The van der Waals surface area contributed by atoms with Gasteiger partial charge in [-0.1, -0.05) is 25.1 Å². The Morgan fingerprint density at radius 1 is 1.26 bits per heavy atom. The van der Waals surface area contributed by atoms with Gasteiger partial charge in [-0.15, -0.1) is 0 Å². The Hall–Kier alpha value is -2.94. The van der Waals surface area contributed by atoms with Crippen molar-refractivity contribution in [3.63, 3.8) is 0 Å². The molecule has 3 heterocycles. The predicted molar refractivity (Wildman–Crippen MR) is 133 cm³/mol. The highest BCUT2D eigenvalue weighted by Gasteiger charge is 2.25. The highest BCUT2D eigenvalue weighted by molar-refractivity contribution is 5.80. The van der Waals surface area contributed by atoms with Gasteiger partial charge in [-0.25, -0.2) is 0 Å². The van der Waals surface area contributed by atoms with E-state index in [2.05, 4.69) is 45.3 Å². The number of carbonyl (C=O) groups excluding carboxylic acids is 1. The van der Waals surface area contributed by atoms with Gasteiger partial charge in [0.05, 0.1) is 24.6 Å². The van der Waals surface area contributed by atoms with Gasteiger partial charge >= 0.3 is 6.01 Å². The highest BCUT2D eigenvalue weighted by Crippen LogP contribution is 2.30. The van der Waals surface area contributed by atoms with Crippen LogP contribution >= 0.6 is 0 Å². The summed E-state index contributed by atoms with van der Waals surface area (Å²) in [4.78, 5) is 23.5. The average Bonchev–Trinajstić information content (AvgIpc) is 3.38. The van der Waals surface area contributed by atoms with Gasteiger partial charge in [-0.2, -0.15) is 4.98 Å². The largest absolute Gasteiger partial charge is 0.492 e.